The quantitative estimate of drug-likeness (QED) is 0.777. The van der Waals surface area contributed by atoms with Crippen molar-refractivity contribution in [3.05, 3.63) is 59.7 Å². The molecule has 0 radical (unpaired) electrons. The zero-order chi connectivity index (χ0) is 19.2. The van der Waals surface area contributed by atoms with Gasteiger partial charge in [0, 0.05) is 24.2 Å². The van der Waals surface area contributed by atoms with Crippen molar-refractivity contribution < 1.29 is 23.0 Å². The molecule has 1 heterocycles. The van der Waals surface area contributed by atoms with E-state index in [-0.39, 0.29) is 17.8 Å². The molecule has 2 aromatic carbocycles. The SMILES string of the molecule is NC[C@H]1CC[C@@H](C(=O)Nc2ccc(OC(F)F)c(Cc3ccccc3)c2)O1. The molecular formula is C20H22F2N2O3. The molecule has 3 rings (SSSR count). The molecule has 0 aromatic heterocycles. The van der Waals surface area contributed by atoms with Crippen molar-refractivity contribution in [2.75, 3.05) is 11.9 Å². The minimum Gasteiger partial charge on any atom is -0.435 e. The first-order valence-corrected chi connectivity index (χ1v) is 8.83. The minimum absolute atomic E-state index is 0.0900. The number of hydrogen-bond donors (Lipinski definition) is 2. The smallest absolute Gasteiger partial charge is 0.387 e. The highest BCUT2D eigenvalue weighted by atomic mass is 19.3. The highest BCUT2D eigenvalue weighted by Crippen LogP contribution is 2.28. The van der Waals surface area contributed by atoms with Gasteiger partial charge in [0.25, 0.3) is 5.91 Å². The van der Waals surface area contributed by atoms with Gasteiger partial charge in [-0.05, 0) is 36.6 Å². The van der Waals surface area contributed by atoms with Gasteiger partial charge in [-0.1, -0.05) is 30.3 Å². The normalized spacial score (nSPS) is 19.3. The maximum Gasteiger partial charge on any atom is 0.387 e. The average Bonchev–Trinajstić information content (AvgIpc) is 3.14. The first kappa shape index (κ1) is 19.3. The number of halogens is 2. The fourth-order valence-corrected chi connectivity index (χ4v) is 3.12. The summed E-state index contributed by atoms with van der Waals surface area (Å²) in [5.41, 5.74) is 7.58. The molecule has 1 aliphatic heterocycles. The lowest BCUT2D eigenvalue weighted by atomic mass is 10.0. The Hall–Kier alpha value is -2.51. The van der Waals surface area contributed by atoms with E-state index >= 15 is 0 Å². The predicted molar refractivity (Wildman–Crippen MR) is 97.9 cm³/mol. The summed E-state index contributed by atoms with van der Waals surface area (Å²) in [6.07, 6.45) is 1.11. The van der Waals surface area contributed by atoms with Gasteiger partial charge in [-0.25, -0.2) is 0 Å². The van der Waals surface area contributed by atoms with Crippen LogP contribution in [0.4, 0.5) is 14.5 Å². The van der Waals surface area contributed by atoms with Crippen molar-refractivity contribution in [1.29, 1.82) is 0 Å². The number of hydrogen-bond acceptors (Lipinski definition) is 4. The Labute approximate surface area is 156 Å². The van der Waals surface area contributed by atoms with E-state index in [4.69, 9.17) is 10.5 Å². The molecule has 1 saturated heterocycles. The lowest BCUT2D eigenvalue weighted by molar-refractivity contribution is -0.126. The van der Waals surface area contributed by atoms with E-state index in [1.54, 1.807) is 12.1 Å². The van der Waals surface area contributed by atoms with Crippen LogP contribution in [-0.4, -0.2) is 31.3 Å². The van der Waals surface area contributed by atoms with Crippen LogP contribution in [-0.2, 0) is 16.0 Å². The van der Waals surface area contributed by atoms with Crippen LogP contribution in [0.5, 0.6) is 5.75 Å². The summed E-state index contributed by atoms with van der Waals surface area (Å²) >= 11 is 0. The van der Waals surface area contributed by atoms with Crippen LogP contribution in [0, 0.1) is 0 Å². The molecular weight excluding hydrogens is 354 g/mol. The summed E-state index contributed by atoms with van der Waals surface area (Å²) in [5, 5.41) is 2.79. The Balaban J connectivity index is 1.76. The van der Waals surface area contributed by atoms with E-state index in [0.29, 0.717) is 30.6 Å². The predicted octanol–water partition coefficient (Wildman–Crippen LogP) is 3.32. The standard InChI is InChI=1S/C20H22F2N2O3/c21-20(22)27-17-8-6-15(11-14(17)10-13-4-2-1-3-5-13)24-19(25)18-9-7-16(12-23)26-18/h1-6,8,11,16,18,20H,7,9-10,12,23H2,(H,24,25)/t16-,18+/m1/s1. The number of rotatable bonds is 7. The topological polar surface area (TPSA) is 73.6 Å². The number of nitrogens with two attached hydrogens (primary N) is 1. The van der Waals surface area contributed by atoms with E-state index in [9.17, 15) is 13.6 Å². The second-order valence-corrected chi connectivity index (χ2v) is 6.41. The third kappa shape index (κ3) is 5.24. The zero-order valence-electron chi connectivity index (χ0n) is 14.7. The molecule has 0 aliphatic carbocycles. The fourth-order valence-electron chi connectivity index (χ4n) is 3.12. The van der Waals surface area contributed by atoms with Gasteiger partial charge in [-0.2, -0.15) is 8.78 Å². The van der Waals surface area contributed by atoms with Crippen LogP contribution < -0.4 is 15.8 Å². The molecule has 27 heavy (non-hydrogen) atoms. The zero-order valence-corrected chi connectivity index (χ0v) is 14.7. The van der Waals surface area contributed by atoms with Crippen LogP contribution in [0.25, 0.3) is 0 Å². The van der Waals surface area contributed by atoms with Crippen molar-refractivity contribution in [3.63, 3.8) is 0 Å². The molecule has 2 aromatic rings. The molecule has 7 heteroatoms. The van der Waals surface area contributed by atoms with Crippen LogP contribution in [0.2, 0.25) is 0 Å². The van der Waals surface area contributed by atoms with Gasteiger partial charge in [-0.3, -0.25) is 4.79 Å². The monoisotopic (exact) mass is 376 g/mol. The summed E-state index contributed by atoms with van der Waals surface area (Å²) < 4.78 is 35.6. The van der Waals surface area contributed by atoms with Crippen LogP contribution in [0.1, 0.15) is 24.0 Å². The number of carbonyl (C=O) groups is 1. The average molecular weight is 376 g/mol. The number of ether oxygens (including phenoxy) is 2. The van der Waals surface area contributed by atoms with E-state index in [2.05, 4.69) is 10.1 Å². The number of carbonyl (C=O) groups excluding carboxylic acids is 1. The summed E-state index contributed by atoms with van der Waals surface area (Å²) in [6.45, 7) is -2.54. The Morgan fingerprint density at radius 1 is 1.22 bits per heavy atom. The van der Waals surface area contributed by atoms with E-state index in [1.807, 2.05) is 30.3 Å². The maximum atomic E-state index is 12.7. The highest BCUT2D eigenvalue weighted by molar-refractivity contribution is 5.94. The first-order valence-electron chi connectivity index (χ1n) is 8.83. The van der Waals surface area contributed by atoms with Crippen molar-refractivity contribution >= 4 is 11.6 Å². The minimum atomic E-state index is -2.92. The first-order chi connectivity index (χ1) is 13.0. The van der Waals surface area contributed by atoms with Crippen LogP contribution in [0.3, 0.4) is 0 Å². The van der Waals surface area contributed by atoms with Crippen molar-refractivity contribution in [1.82, 2.24) is 0 Å². The lowest BCUT2D eigenvalue weighted by Gasteiger charge is -2.15. The summed E-state index contributed by atoms with van der Waals surface area (Å²) in [6, 6.07) is 14.1. The molecule has 1 aliphatic rings. The third-order valence-electron chi connectivity index (χ3n) is 4.44. The van der Waals surface area contributed by atoms with E-state index < -0.39 is 12.7 Å². The summed E-state index contributed by atoms with van der Waals surface area (Å²) in [7, 11) is 0. The van der Waals surface area contributed by atoms with Gasteiger partial charge in [0.1, 0.15) is 11.9 Å². The van der Waals surface area contributed by atoms with Gasteiger partial charge in [0.15, 0.2) is 0 Å². The molecule has 0 saturated carbocycles. The molecule has 3 N–H and O–H groups in total. The van der Waals surface area contributed by atoms with Gasteiger partial charge in [0.05, 0.1) is 6.10 Å². The second-order valence-electron chi connectivity index (χ2n) is 6.41. The number of anilines is 1. The molecule has 144 valence electrons. The van der Waals surface area contributed by atoms with Crippen LogP contribution in [0.15, 0.2) is 48.5 Å². The number of benzene rings is 2. The van der Waals surface area contributed by atoms with Crippen molar-refractivity contribution in [3.8, 4) is 5.75 Å². The van der Waals surface area contributed by atoms with Gasteiger partial charge < -0.3 is 20.5 Å². The second kappa shape index (κ2) is 8.92. The van der Waals surface area contributed by atoms with Crippen LogP contribution >= 0.6 is 0 Å². The fraction of sp³-hybridized carbons (Fsp3) is 0.350. The number of amides is 1. The summed E-state index contributed by atoms with van der Waals surface area (Å²) in [5.74, 6) is -0.175. The largest absolute Gasteiger partial charge is 0.435 e. The molecule has 5 nitrogen and oxygen atoms in total. The Kier molecular flexibility index (Phi) is 6.36. The van der Waals surface area contributed by atoms with E-state index in [0.717, 1.165) is 12.0 Å². The number of alkyl halides is 2. The Morgan fingerprint density at radius 2 is 2.00 bits per heavy atom. The Bertz CT molecular complexity index is 771. The molecule has 1 fully saturated rings. The van der Waals surface area contributed by atoms with Gasteiger partial charge in [-0.15, -0.1) is 0 Å². The summed E-state index contributed by atoms with van der Waals surface area (Å²) in [4.78, 5) is 12.4. The van der Waals surface area contributed by atoms with E-state index in [1.165, 1.54) is 6.07 Å². The van der Waals surface area contributed by atoms with Gasteiger partial charge >= 0.3 is 6.61 Å². The molecule has 0 unspecified atom stereocenters. The van der Waals surface area contributed by atoms with Crippen molar-refractivity contribution in [2.45, 2.75) is 38.1 Å². The molecule has 2 atom stereocenters. The Morgan fingerprint density at radius 3 is 2.67 bits per heavy atom. The van der Waals surface area contributed by atoms with Gasteiger partial charge in [0.2, 0.25) is 0 Å². The molecule has 1 amide bonds. The lowest BCUT2D eigenvalue weighted by Crippen LogP contribution is -2.29. The number of nitrogens with one attached hydrogen (secondary N) is 1. The highest BCUT2D eigenvalue weighted by Gasteiger charge is 2.30. The van der Waals surface area contributed by atoms with Crippen molar-refractivity contribution in [2.24, 2.45) is 5.73 Å². The maximum absolute atomic E-state index is 12.7. The molecule has 0 spiro atoms. The third-order valence-corrected chi connectivity index (χ3v) is 4.44. The molecule has 0 bridgehead atoms.